The van der Waals surface area contributed by atoms with Crippen LogP contribution in [0.3, 0.4) is 0 Å². The lowest BCUT2D eigenvalue weighted by atomic mass is 10.1. The molecule has 15 heavy (non-hydrogen) atoms. The van der Waals surface area contributed by atoms with Gasteiger partial charge in [0.05, 0.1) is 6.04 Å². The summed E-state index contributed by atoms with van der Waals surface area (Å²) in [6, 6.07) is 0.530. The molecule has 0 aromatic heterocycles. The fourth-order valence-electron chi connectivity index (χ4n) is 2.29. The maximum atomic E-state index is 5.50. The Morgan fingerprint density at radius 1 is 1.33 bits per heavy atom. The maximum absolute atomic E-state index is 5.50. The molecule has 2 aliphatic carbocycles. The summed E-state index contributed by atoms with van der Waals surface area (Å²) < 4.78 is 0. The summed E-state index contributed by atoms with van der Waals surface area (Å²) in [5.74, 6) is 7.21. The number of nitrogens with two attached hydrogens (primary N) is 1. The Morgan fingerprint density at radius 3 is 2.53 bits per heavy atom. The number of nitrogens with zero attached hydrogens (tertiary/aromatic N) is 2. The van der Waals surface area contributed by atoms with Gasteiger partial charge in [-0.25, -0.2) is 10.8 Å². The molecule has 0 aliphatic heterocycles. The third-order valence-electron chi connectivity index (χ3n) is 3.35. The number of hydrazine groups is 1. The first-order chi connectivity index (χ1) is 7.29. The van der Waals surface area contributed by atoms with Crippen molar-refractivity contribution in [2.45, 2.75) is 44.6 Å². The van der Waals surface area contributed by atoms with Crippen molar-refractivity contribution in [2.24, 2.45) is 16.8 Å². The summed E-state index contributed by atoms with van der Waals surface area (Å²) in [5.41, 5.74) is 2.72. The van der Waals surface area contributed by atoms with Crippen LogP contribution in [0.5, 0.6) is 0 Å². The number of hydrogen-bond acceptors (Lipinski definition) is 2. The standard InChI is InChI=1S/C11H22N4/c1-15(8-9-4-2-3-5-9)11(14-12)13-10-6-7-10/h9-10H,2-8,12H2,1H3,(H,13,14). The van der Waals surface area contributed by atoms with E-state index in [0.29, 0.717) is 6.04 Å². The largest absolute Gasteiger partial charge is 0.345 e. The summed E-state index contributed by atoms with van der Waals surface area (Å²) in [4.78, 5) is 6.73. The molecule has 0 saturated heterocycles. The average Bonchev–Trinajstić information content (AvgIpc) is 2.91. The molecule has 86 valence electrons. The van der Waals surface area contributed by atoms with Crippen molar-refractivity contribution in [2.75, 3.05) is 13.6 Å². The normalized spacial score (nSPS) is 23.2. The van der Waals surface area contributed by atoms with Crippen LogP contribution in [0, 0.1) is 5.92 Å². The molecule has 0 amide bonds. The van der Waals surface area contributed by atoms with Crippen molar-refractivity contribution >= 4 is 5.96 Å². The van der Waals surface area contributed by atoms with Crippen LogP contribution in [0.25, 0.3) is 0 Å². The van der Waals surface area contributed by atoms with E-state index in [0.717, 1.165) is 18.4 Å². The van der Waals surface area contributed by atoms with Crippen LogP contribution in [0.1, 0.15) is 38.5 Å². The number of hydrogen-bond donors (Lipinski definition) is 2. The summed E-state index contributed by atoms with van der Waals surface area (Å²) in [6.07, 6.45) is 7.97. The predicted molar refractivity (Wildman–Crippen MR) is 62.4 cm³/mol. The molecule has 4 heteroatoms. The number of guanidine groups is 1. The molecule has 0 atom stereocenters. The molecule has 2 rings (SSSR count). The van der Waals surface area contributed by atoms with E-state index in [2.05, 4.69) is 22.4 Å². The molecule has 0 unspecified atom stereocenters. The Labute approximate surface area is 91.9 Å². The number of nitrogens with one attached hydrogen (secondary N) is 1. The monoisotopic (exact) mass is 210 g/mol. The Hall–Kier alpha value is -0.770. The van der Waals surface area contributed by atoms with Crippen molar-refractivity contribution in [3.63, 3.8) is 0 Å². The third-order valence-corrected chi connectivity index (χ3v) is 3.35. The van der Waals surface area contributed by atoms with Gasteiger partial charge in [-0.1, -0.05) is 12.8 Å². The highest BCUT2D eigenvalue weighted by molar-refractivity contribution is 5.79. The predicted octanol–water partition coefficient (Wildman–Crippen LogP) is 1.09. The second kappa shape index (κ2) is 4.84. The van der Waals surface area contributed by atoms with Crippen molar-refractivity contribution in [3.8, 4) is 0 Å². The zero-order valence-electron chi connectivity index (χ0n) is 9.58. The molecule has 0 aromatic rings. The molecule has 2 fully saturated rings. The Morgan fingerprint density at radius 2 is 2.00 bits per heavy atom. The Balaban J connectivity index is 1.83. The second-order valence-electron chi connectivity index (χ2n) is 4.86. The van der Waals surface area contributed by atoms with E-state index in [1.165, 1.54) is 38.5 Å². The summed E-state index contributed by atoms with van der Waals surface area (Å²) in [5, 5.41) is 0. The van der Waals surface area contributed by atoms with Gasteiger partial charge < -0.3 is 4.90 Å². The summed E-state index contributed by atoms with van der Waals surface area (Å²) in [7, 11) is 2.08. The average molecular weight is 210 g/mol. The van der Waals surface area contributed by atoms with Gasteiger partial charge >= 0.3 is 0 Å². The van der Waals surface area contributed by atoms with E-state index in [1.54, 1.807) is 0 Å². The molecule has 0 bridgehead atoms. The summed E-state index contributed by atoms with van der Waals surface area (Å²) in [6.45, 7) is 1.09. The van der Waals surface area contributed by atoms with E-state index in [1.807, 2.05) is 0 Å². The zero-order chi connectivity index (χ0) is 10.7. The van der Waals surface area contributed by atoms with E-state index < -0.39 is 0 Å². The fourth-order valence-corrected chi connectivity index (χ4v) is 2.29. The second-order valence-corrected chi connectivity index (χ2v) is 4.86. The van der Waals surface area contributed by atoms with Gasteiger partial charge in [-0.2, -0.15) is 0 Å². The van der Waals surface area contributed by atoms with Crippen LogP contribution in [0.2, 0.25) is 0 Å². The highest BCUT2D eigenvalue weighted by Crippen LogP contribution is 2.26. The molecule has 0 heterocycles. The van der Waals surface area contributed by atoms with E-state index in [9.17, 15) is 0 Å². The lowest BCUT2D eigenvalue weighted by Crippen LogP contribution is -2.44. The minimum Gasteiger partial charge on any atom is -0.345 e. The van der Waals surface area contributed by atoms with Gasteiger partial charge in [0.25, 0.3) is 0 Å². The van der Waals surface area contributed by atoms with Gasteiger partial charge in [0.2, 0.25) is 5.96 Å². The van der Waals surface area contributed by atoms with Crippen LogP contribution in [-0.2, 0) is 0 Å². The quantitative estimate of drug-likeness (QED) is 0.317. The first kappa shape index (κ1) is 10.7. The van der Waals surface area contributed by atoms with Crippen LogP contribution < -0.4 is 11.3 Å². The molecule has 0 aromatic carbocycles. The lowest BCUT2D eigenvalue weighted by Gasteiger charge is -2.23. The molecule has 2 saturated carbocycles. The smallest absolute Gasteiger partial charge is 0.208 e. The van der Waals surface area contributed by atoms with Gasteiger partial charge in [0, 0.05) is 13.6 Å². The molecular weight excluding hydrogens is 188 g/mol. The summed E-state index contributed by atoms with van der Waals surface area (Å²) >= 11 is 0. The first-order valence-electron chi connectivity index (χ1n) is 6.05. The number of rotatable bonds is 3. The van der Waals surface area contributed by atoms with Crippen molar-refractivity contribution in [1.29, 1.82) is 0 Å². The topological polar surface area (TPSA) is 53.6 Å². The first-order valence-corrected chi connectivity index (χ1v) is 6.05. The van der Waals surface area contributed by atoms with E-state index >= 15 is 0 Å². The van der Waals surface area contributed by atoms with E-state index in [4.69, 9.17) is 5.84 Å². The van der Waals surface area contributed by atoms with Crippen LogP contribution in [-0.4, -0.2) is 30.5 Å². The maximum Gasteiger partial charge on any atom is 0.208 e. The van der Waals surface area contributed by atoms with Crippen LogP contribution in [0.4, 0.5) is 0 Å². The van der Waals surface area contributed by atoms with Crippen molar-refractivity contribution in [1.82, 2.24) is 10.3 Å². The van der Waals surface area contributed by atoms with Gasteiger partial charge in [-0.3, -0.25) is 5.43 Å². The van der Waals surface area contributed by atoms with Gasteiger partial charge in [-0.15, -0.1) is 0 Å². The lowest BCUT2D eigenvalue weighted by molar-refractivity contribution is 0.378. The zero-order valence-corrected chi connectivity index (χ0v) is 9.58. The Bertz CT molecular complexity index is 229. The minimum atomic E-state index is 0.530. The highest BCUT2D eigenvalue weighted by atomic mass is 15.4. The highest BCUT2D eigenvalue weighted by Gasteiger charge is 2.23. The molecule has 0 radical (unpaired) electrons. The molecule has 4 nitrogen and oxygen atoms in total. The molecular formula is C11H22N4. The number of aliphatic imine (C=N–C) groups is 1. The SMILES string of the molecule is CN(CC1CCCC1)C(=NC1CC1)NN. The minimum absolute atomic E-state index is 0.530. The van der Waals surface area contributed by atoms with Crippen molar-refractivity contribution < 1.29 is 0 Å². The van der Waals surface area contributed by atoms with Crippen molar-refractivity contribution in [3.05, 3.63) is 0 Å². The van der Waals surface area contributed by atoms with Crippen LogP contribution >= 0.6 is 0 Å². The third kappa shape index (κ3) is 3.09. The fraction of sp³-hybridized carbons (Fsp3) is 0.909. The molecule has 2 aliphatic rings. The van der Waals surface area contributed by atoms with Gasteiger partial charge in [0.15, 0.2) is 0 Å². The molecule has 3 N–H and O–H groups in total. The van der Waals surface area contributed by atoms with Gasteiger partial charge in [0.1, 0.15) is 0 Å². The van der Waals surface area contributed by atoms with Gasteiger partial charge in [-0.05, 0) is 31.6 Å². The van der Waals surface area contributed by atoms with Crippen LogP contribution in [0.15, 0.2) is 4.99 Å². The Kier molecular flexibility index (Phi) is 3.46. The van der Waals surface area contributed by atoms with E-state index in [-0.39, 0.29) is 0 Å². The molecule has 0 spiro atoms.